The van der Waals surface area contributed by atoms with Crippen LogP contribution >= 0.6 is 11.6 Å². The third-order valence-corrected chi connectivity index (χ3v) is 2.68. The fraction of sp³-hybridized carbons (Fsp3) is 0.429. The summed E-state index contributed by atoms with van der Waals surface area (Å²) >= 11 is 5.55. The van der Waals surface area contributed by atoms with Gasteiger partial charge in [-0.05, 0) is 43.0 Å². The van der Waals surface area contributed by atoms with Gasteiger partial charge >= 0.3 is 0 Å². The van der Waals surface area contributed by atoms with Crippen molar-refractivity contribution < 1.29 is 4.74 Å². The van der Waals surface area contributed by atoms with E-state index in [0.29, 0.717) is 5.88 Å². The third kappa shape index (κ3) is 3.79. The van der Waals surface area contributed by atoms with Crippen LogP contribution in [0.3, 0.4) is 0 Å². The quantitative estimate of drug-likeness (QED) is 0.573. The molecule has 0 atom stereocenters. The van der Waals surface area contributed by atoms with Crippen LogP contribution in [-0.2, 0) is 0 Å². The van der Waals surface area contributed by atoms with Crippen LogP contribution < -0.4 is 4.74 Å². The van der Waals surface area contributed by atoms with Crippen molar-refractivity contribution >= 4 is 11.6 Å². The highest BCUT2D eigenvalue weighted by Gasteiger charge is 2.21. The zero-order chi connectivity index (χ0) is 11.2. The molecule has 0 heterocycles. The van der Waals surface area contributed by atoms with Gasteiger partial charge in [0.05, 0.1) is 6.61 Å². The Morgan fingerprint density at radius 3 is 2.62 bits per heavy atom. The third-order valence-electron chi connectivity index (χ3n) is 2.49. The predicted molar refractivity (Wildman–Crippen MR) is 66.9 cm³/mol. The second-order valence-corrected chi connectivity index (χ2v) is 4.40. The Bertz CT molecular complexity index is 381. The van der Waals surface area contributed by atoms with Crippen molar-refractivity contribution in [2.75, 3.05) is 12.5 Å². The summed E-state index contributed by atoms with van der Waals surface area (Å²) in [5.41, 5.74) is 1.02. The Hall–Kier alpha value is -1.13. The minimum absolute atomic E-state index is 0.593. The average molecular weight is 235 g/mol. The van der Waals surface area contributed by atoms with Crippen molar-refractivity contribution in [1.82, 2.24) is 0 Å². The van der Waals surface area contributed by atoms with Crippen molar-refractivity contribution in [3.63, 3.8) is 0 Å². The number of hydrogen-bond donors (Lipinski definition) is 0. The minimum atomic E-state index is 0.593. The SMILES string of the molecule is ClCCC#Cc1ccc(OCC2CC2)cc1. The van der Waals surface area contributed by atoms with Gasteiger partial charge in [0.15, 0.2) is 0 Å². The summed E-state index contributed by atoms with van der Waals surface area (Å²) in [7, 11) is 0. The van der Waals surface area contributed by atoms with Gasteiger partial charge < -0.3 is 4.74 Å². The van der Waals surface area contributed by atoms with E-state index in [0.717, 1.165) is 30.3 Å². The van der Waals surface area contributed by atoms with Crippen LogP contribution in [0.25, 0.3) is 0 Å². The maximum Gasteiger partial charge on any atom is 0.119 e. The molecule has 0 aromatic heterocycles. The predicted octanol–water partition coefficient (Wildman–Crippen LogP) is 3.46. The molecular weight excluding hydrogens is 220 g/mol. The molecular formula is C14H15ClO. The molecule has 0 aliphatic heterocycles. The standard InChI is InChI=1S/C14H15ClO/c15-10-2-1-3-12-6-8-14(9-7-12)16-11-13-4-5-13/h6-9,13H,2,4-5,10-11H2. The fourth-order valence-electron chi connectivity index (χ4n) is 1.34. The minimum Gasteiger partial charge on any atom is -0.493 e. The van der Waals surface area contributed by atoms with E-state index in [9.17, 15) is 0 Å². The number of benzene rings is 1. The van der Waals surface area contributed by atoms with Crippen LogP contribution in [0.4, 0.5) is 0 Å². The lowest BCUT2D eigenvalue weighted by Gasteiger charge is -2.04. The van der Waals surface area contributed by atoms with Gasteiger partial charge in [-0.2, -0.15) is 0 Å². The van der Waals surface area contributed by atoms with Crippen molar-refractivity contribution in [3.8, 4) is 17.6 Å². The molecule has 1 aromatic rings. The molecule has 84 valence electrons. The second-order valence-electron chi connectivity index (χ2n) is 4.02. The molecule has 1 saturated carbocycles. The summed E-state index contributed by atoms with van der Waals surface area (Å²) in [6.07, 6.45) is 3.38. The van der Waals surface area contributed by atoms with Gasteiger partial charge in [0, 0.05) is 17.9 Å². The maximum atomic E-state index is 5.64. The fourth-order valence-corrected chi connectivity index (χ4v) is 1.44. The Kier molecular flexibility index (Phi) is 4.13. The molecule has 1 aromatic carbocycles. The Morgan fingerprint density at radius 2 is 2.00 bits per heavy atom. The Labute approximate surface area is 102 Å². The molecule has 1 fully saturated rings. The first-order valence-electron chi connectivity index (χ1n) is 5.66. The number of halogens is 1. The number of hydrogen-bond acceptors (Lipinski definition) is 1. The van der Waals surface area contributed by atoms with Crippen molar-refractivity contribution in [3.05, 3.63) is 29.8 Å². The first-order valence-corrected chi connectivity index (χ1v) is 6.19. The van der Waals surface area contributed by atoms with E-state index in [1.165, 1.54) is 12.8 Å². The summed E-state index contributed by atoms with van der Waals surface area (Å²) in [6.45, 7) is 0.858. The molecule has 0 radical (unpaired) electrons. The lowest BCUT2D eigenvalue weighted by atomic mass is 10.2. The monoisotopic (exact) mass is 234 g/mol. The Balaban J connectivity index is 1.85. The highest BCUT2D eigenvalue weighted by Crippen LogP contribution is 2.29. The van der Waals surface area contributed by atoms with Gasteiger partial charge in [0.1, 0.15) is 5.75 Å². The topological polar surface area (TPSA) is 9.23 Å². The van der Waals surface area contributed by atoms with Crippen molar-refractivity contribution in [2.24, 2.45) is 5.92 Å². The molecule has 2 rings (SSSR count). The summed E-state index contributed by atoms with van der Waals surface area (Å²) in [4.78, 5) is 0. The maximum absolute atomic E-state index is 5.64. The van der Waals surface area contributed by atoms with Crippen LogP contribution in [-0.4, -0.2) is 12.5 Å². The molecule has 0 saturated heterocycles. The number of rotatable bonds is 4. The number of ether oxygens (including phenoxy) is 1. The molecule has 0 N–H and O–H groups in total. The Morgan fingerprint density at radius 1 is 1.25 bits per heavy atom. The first kappa shape index (κ1) is 11.4. The summed E-state index contributed by atoms with van der Waals surface area (Å²) in [5, 5.41) is 0. The van der Waals surface area contributed by atoms with E-state index < -0.39 is 0 Å². The van der Waals surface area contributed by atoms with Crippen LogP contribution in [0.2, 0.25) is 0 Å². The zero-order valence-corrected chi connectivity index (χ0v) is 9.96. The van der Waals surface area contributed by atoms with E-state index in [2.05, 4.69) is 11.8 Å². The lowest BCUT2D eigenvalue weighted by molar-refractivity contribution is 0.300. The van der Waals surface area contributed by atoms with E-state index in [-0.39, 0.29) is 0 Å². The van der Waals surface area contributed by atoms with Crippen LogP contribution in [0.5, 0.6) is 5.75 Å². The smallest absolute Gasteiger partial charge is 0.119 e. The van der Waals surface area contributed by atoms with Crippen LogP contribution in [0.1, 0.15) is 24.8 Å². The molecule has 0 bridgehead atoms. The zero-order valence-electron chi connectivity index (χ0n) is 9.21. The van der Waals surface area contributed by atoms with E-state index in [1.807, 2.05) is 24.3 Å². The molecule has 1 nitrogen and oxygen atoms in total. The van der Waals surface area contributed by atoms with Gasteiger partial charge in [0.2, 0.25) is 0 Å². The molecule has 16 heavy (non-hydrogen) atoms. The molecule has 1 aliphatic rings. The van der Waals surface area contributed by atoms with Crippen LogP contribution in [0.15, 0.2) is 24.3 Å². The van der Waals surface area contributed by atoms with Gasteiger partial charge in [-0.1, -0.05) is 11.8 Å². The summed E-state index contributed by atoms with van der Waals surface area (Å²) in [6, 6.07) is 7.94. The highest BCUT2D eigenvalue weighted by atomic mass is 35.5. The summed E-state index contributed by atoms with van der Waals surface area (Å²) in [5.74, 6) is 8.40. The molecule has 0 amide bonds. The van der Waals surface area contributed by atoms with Gasteiger partial charge in [-0.25, -0.2) is 0 Å². The van der Waals surface area contributed by atoms with Gasteiger partial charge in [-0.3, -0.25) is 0 Å². The van der Waals surface area contributed by atoms with Gasteiger partial charge in [-0.15, -0.1) is 11.6 Å². The summed E-state index contributed by atoms with van der Waals surface area (Å²) < 4.78 is 5.64. The first-order chi connectivity index (χ1) is 7.88. The lowest BCUT2D eigenvalue weighted by Crippen LogP contribution is -1.98. The molecule has 1 aliphatic carbocycles. The van der Waals surface area contributed by atoms with E-state index in [4.69, 9.17) is 16.3 Å². The molecule has 2 heteroatoms. The van der Waals surface area contributed by atoms with Crippen molar-refractivity contribution in [2.45, 2.75) is 19.3 Å². The van der Waals surface area contributed by atoms with E-state index in [1.54, 1.807) is 0 Å². The molecule has 0 unspecified atom stereocenters. The second kappa shape index (κ2) is 5.82. The highest BCUT2D eigenvalue weighted by molar-refractivity contribution is 6.18. The van der Waals surface area contributed by atoms with Crippen molar-refractivity contribution in [1.29, 1.82) is 0 Å². The number of alkyl halides is 1. The normalized spacial score (nSPS) is 14.1. The van der Waals surface area contributed by atoms with E-state index >= 15 is 0 Å². The average Bonchev–Trinajstić information content (AvgIpc) is 3.12. The van der Waals surface area contributed by atoms with Gasteiger partial charge in [0.25, 0.3) is 0 Å². The molecule has 0 spiro atoms. The largest absolute Gasteiger partial charge is 0.493 e. The van der Waals surface area contributed by atoms with Crippen LogP contribution in [0, 0.1) is 17.8 Å².